The van der Waals surface area contributed by atoms with Crippen molar-refractivity contribution in [3.63, 3.8) is 0 Å². The molecule has 1 heterocycles. The summed E-state index contributed by atoms with van der Waals surface area (Å²) in [6, 6.07) is 12.6. The third-order valence-electron chi connectivity index (χ3n) is 4.22. The number of aliphatic carboxylic acids is 1. The van der Waals surface area contributed by atoms with Crippen LogP contribution in [0.25, 0.3) is 0 Å². The maximum Gasteiger partial charge on any atom is 0.335 e. The first kappa shape index (κ1) is 20.3. The minimum Gasteiger partial charge on any atom is -0.479 e. The van der Waals surface area contributed by atoms with Crippen molar-refractivity contribution in [1.29, 1.82) is 0 Å². The van der Waals surface area contributed by atoms with E-state index in [1.165, 1.54) is 24.3 Å². The van der Waals surface area contributed by atoms with Gasteiger partial charge in [-0.25, -0.2) is 9.86 Å². The van der Waals surface area contributed by atoms with Crippen molar-refractivity contribution >= 4 is 23.3 Å². The molecule has 0 radical (unpaired) electrons. The van der Waals surface area contributed by atoms with Gasteiger partial charge in [-0.2, -0.15) is 0 Å². The molecule has 1 fully saturated rings. The summed E-state index contributed by atoms with van der Waals surface area (Å²) in [5.74, 6) is -0.544. The molecule has 0 amide bonds. The predicted molar refractivity (Wildman–Crippen MR) is 96.6 cm³/mol. The van der Waals surface area contributed by atoms with E-state index in [0.29, 0.717) is 21.6 Å². The van der Waals surface area contributed by atoms with Gasteiger partial charge in [0.15, 0.2) is 12.3 Å². The fourth-order valence-electron chi connectivity index (χ4n) is 2.72. The number of hydrogen-bond acceptors (Lipinski definition) is 8. The van der Waals surface area contributed by atoms with Crippen LogP contribution in [0.15, 0.2) is 48.5 Å². The zero-order valence-electron chi connectivity index (χ0n) is 14.3. The summed E-state index contributed by atoms with van der Waals surface area (Å²) >= 11 is 5.81. The lowest BCUT2D eigenvalue weighted by atomic mass is 9.98. The molecule has 0 unspecified atom stereocenters. The first-order valence-electron chi connectivity index (χ1n) is 8.22. The van der Waals surface area contributed by atoms with Gasteiger partial charge in [0.1, 0.15) is 29.8 Å². The van der Waals surface area contributed by atoms with E-state index in [2.05, 4.69) is 0 Å². The Morgan fingerprint density at radius 2 is 1.46 bits per heavy atom. The third-order valence-corrected chi connectivity index (χ3v) is 4.48. The summed E-state index contributed by atoms with van der Waals surface area (Å²) in [5.41, 5.74) is 0.139. The Morgan fingerprint density at radius 3 is 2.00 bits per heavy atom. The number of hydrogen-bond donors (Lipinski definition) is 5. The van der Waals surface area contributed by atoms with Crippen molar-refractivity contribution in [2.24, 2.45) is 0 Å². The van der Waals surface area contributed by atoms with Crippen molar-refractivity contribution in [3.8, 4) is 11.5 Å². The number of anilines is 1. The normalized spacial score (nSPS) is 27.2. The average molecular weight is 412 g/mol. The summed E-state index contributed by atoms with van der Waals surface area (Å²) in [6.07, 6.45) is -8.83. The van der Waals surface area contributed by atoms with E-state index in [4.69, 9.17) is 26.2 Å². The van der Waals surface area contributed by atoms with Crippen molar-refractivity contribution in [3.05, 3.63) is 53.6 Å². The zero-order valence-corrected chi connectivity index (χ0v) is 15.0. The lowest BCUT2D eigenvalue weighted by Crippen LogP contribution is -2.63. The van der Waals surface area contributed by atoms with Gasteiger partial charge < -0.3 is 29.9 Å². The summed E-state index contributed by atoms with van der Waals surface area (Å²) < 4.78 is 10.7. The first-order valence-corrected chi connectivity index (χ1v) is 8.60. The molecule has 0 spiro atoms. The molecule has 0 bridgehead atoms. The molecular formula is C18H18ClNO8. The number of benzene rings is 2. The Morgan fingerprint density at radius 1 is 0.929 bits per heavy atom. The Hall–Kier alpha value is -2.40. The summed E-state index contributed by atoms with van der Waals surface area (Å²) in [7, 11) is 0. The zero-order chi connectivity index (χ0) is 20.4. The van der Waals surface area contributed by atoms with Gasteiger partial charge in [0.25, 0.3) is 0 Å². The maximum absolute atomic E-state index is 11.2. The molecule has 0 saturated carbocycles. The molecule has 9 nitrogen and oxygen atoms in total. The number of aliphatic hydroxyl groups is 3. The highest BCUT2D eigenvalue weighted by Crippen LogP contribution is 2.29. The second kappa shape index (κ2) is 8.31. The van der Waals surface area contributed by atoms with Gasteiger partial charge in [0.2, 0.25) is 0 Å². The van der Waals surface area contributed by atoms with Gasteiger partial charge in [0.05, 0.1) is 5.69 Å². The molecule has 5 atom stereocenters. The van der Waals surface area contributed by atoms with E-state index < -0.39 is 36.6 Å². The number of nitrogens with zero attached hydrogens (tertiary/aromatic N) is 1. The molecule has 5 N–H and O–H groups in total. The van der Waals surface area contributed by atoms with Crippen LogP contribution in [0, 0.1) is 0 Å². The van der Waals surface area contributed by atoms with Crippen molar-refractivity contribution in [2.75, 3.05) is 5.06 Å². The largest absolute Gasteiger partial charge is 0.479 e. The lowest BCUT2D eigenvalue weighted by Gasteiger charge is -2.41. The molecule has 0 aromatic heterocycles. The fraction of sp³-hybridized carbons (Fsp3) is 0.278. The first-order chi connectivity index (χ1) is 13.3. The average Bonchev–Trinajstić information content (AvgIpc) is 2.68. The minimum absolute atomic E-state index is 0.139. The highest BCUT2D eigenvalue weighted by Gasteiger charge is 2.49. The number of carboxylic acid groups (broad SMARTS) is 1. The molecule has 28 heavy (non-hydrogen) atoms. The molecule has 3 rings (SSSR count). The number of aliphatic hydroxyl groups excluding tert-OH is 3. The van der Waals surface area contributed by atoms with Gasteiger partial charge in [-0.3, -0.25) is 5.21 Å². The quantitative estimate of drug-likeness (QED) is 0.459. The number of halogens is 1. The molecule has 1 aliphatic heterocycles. The minimum atomic E-state index is -1.84. The second-order valence-corrected chi connectivity index (χ2v) is 6.59. The van der Waals surface area contributed by atoms with E-state index in [9.17, 15) is 25.3 Å². The molecule has 2 aromatic carbocycles. The highest BCUT2D eigenvalue weighted by atomic mass is 35.5. The van der Waals surface area contributed by atoms with Gasteiger partial charge in [0, 0.05) is 5.02 Å². The van der Waals surface area contributed by atoms with Crippen LogP contribution in [-0.2, 0) is 9.53 Å². The summed E-state index contributed by atoms with van der Waals surface area (Å²) in [5, 5.41) is 50.0. The number of rotatable bonds is 5. The Balaban J connectivity index is 1.73. The van der Waals surface area contributed by atoms with E-state index >= 15 is 0 Å². The molecule has 1 saturated heterocycles. The third kappa shape index (κ3) is 4.20. The van der Waals surface area contributed by atoms with Gasteiger partial charge in [-0.15, -0.1) is 0 Å². The van der Waals surface area contributed by atoms with Gasteiger partial charge >= 0.3 is 5.97 Å². The molecular weight excluding hydrogens is 394 g/mol. The van der Waals surface area contributed by atoms with Crippen LogP contribution in [0.2, 0.25) is 5.02 Å². The van der Waals surface area contributed by atoms with Crippen molar-refractivity contribution < 1.29 is 39.9 Å². The van der Waals surface area contributed by atoms with Crippen LogP contribution >= 0.6 is 11.6 Å². The van der Waals surface area contributed by atoms with Crippen LogP contribution in [0.4, 0.5) is 5.69 Å². The topological polar surface area (TPSA) is 140 Å². The fourth-order valence-corrected chi connectivity index (χ4v) is 2.85. The Bertz CT molecular complexity index is 815. The SMILES string of the molecule is O=C(O)[C@@H]1O[C@@H](N(O)c2ccc(Oc3ccc(Cl)cc3)cc2)[C@H](O)[C@H](O)[C@@H]1O. The van der Waals surface area contributed by atoms with Gasteiger partial charge in [-0.1, -0.05) is 11.6 Å². The van der Waals surface area contributed by atoms with E-state index in [1.54, 1.807) is 24.3 Å². The molecule has 1 aliphatic rings. The van der Waals surface area contributed by atoms with Crippen molar-refractivity contribution in [2.45, 2.75) is 30.6 Å². The van der Waals surface area contributed by atoms with Crippen molar-refractivity contribution in [1.82, 2.24) is 0 Å². The Labute approximate surface area is 164 Å². The van der Waals surface area contributed by atoms with Crippen LogP contribution in [-0.4, -0.2) is 62.2 Å². The molecule has 0 aliphatic carbocycles. The van der Waals surface area contributed by atoms with E-state index in [-0.39, 0.29) is 5.69 Å². The Kier molecular flexibility index (Phi) is 6.04. The van der Waals surface area contributed by atoms with Crippen LogP contribution < -0.4 is 9.80 Å². The lowest BCUT2D eigenvalue weighted by molar-refractivity contribution is -0.237. The highest BCUT2D eigenvalue weighted by molar-refractivity contribution is 6.30. The van der Waals surface area contributed by atoms with E-state index in [0.717, 1.165) is 0 Å². The number of carboxylic acids is 1. The molecule has 10 heteroatoms. The number of carbonyl (C=O) groups is 1. The maximum atomic E-state index is 11.2. The molecule has 150 valence electrons. The summed E-state index contributed by atoms with van der Waals surface area (Å²) in [6.45, 7) is 0. The van der Waals surface area contributed by atoms with Crippen LogP contribution in [0.5, 0.6) is 11.5 Å². The molecule has 2 aromatic rings. The smallest absolute Gasteiger partial charge is 0.335 e. The van der Waals surface area contributed by atoms with E-state index in [1.807, 2.05) is 0 Å². The predicted octanol–water partition coefficient (Wildman–Crippen LogP) is 1.22. The number of ether oxygens (including phenoxy) is 2. The summed E-state index contributed by atoms with van der Waals surface area (Å²) in [4.78, 5) is 11.2. The van der Waals surface area contributed by atoms with Crippen LogP contribution in [0.1, 0.15) is 0 Å². The van der Waals surface area contributed by atoms with Crippen LogP contribution in [0.3, 0.4) is 0 Å². The second-order valence-electron chi connectivity index (χ2n) is 6.15. The monoisotopic (exact) mass is 411 g/mol. The number of hydroxylamine groups is 1. The van der Waals surface area contributed by atoms with Gasteiger partial charge in [-0.05, 0) is 48.5 Å². The standard InChI is InChI=1S/C18H18ClNO8/c19-9-1-5-11(6-2-9)27-12-7-3-10(4-8-12)20(26)17-15(23)13(21)14(22)16(28-17)18(24)25/h1-8,13-17,21-23,26H,(H,24,25)/t13-,14+,15-,16-,17-/m1/s1.